The van der Waals surface area contributed by atoms with Crippen molar-refractivity contribution in [3.8, 4) is 5.75 Å². The highest BCUT2D eigenvalue weighted by Gasteiger charge is 2.13. The molecule has 2 rings (SSSR count). The van der Waals surface area contributed by atoms with Crippen LogP contribution in [0.25, 0.3) is 11.0 Å². The molecular weight excluding hydrogens is 448 g/mol. The summed E-state index contributed by atoms with van der Waals surface area (Å²) in [6, 6.07) is 5.06. The van der Waals surface area contributed by atoms with Crippen LogP contribution in [0.1, 0.15) is 82.3 Å². The predicted molar refractivity (Wildman–Crippen MR) is 151 cm³/mol. The van der Waals surface area contributed by atoms with E-state index in [0.29, 0.717) is 17.8 Å². The molecule has 0 amide bonds. The molecule has 0 bridgehead atoms. The summed E-state index contributed by atoms with van der Waals surface area (Å²) in [5.41, 5.74) is 1.68. The molecule has 0 unspecified atom stereocenters. The normalized spacial score (nSPS) is 12.2. The summed E-state index contributed by atoms with van der Waals surface area (Å²) in [6.07, 6.45) is 28.1. The molecule has 2 aromatic rings. The Morgan fingerprint density at radius 1 is 0.861 bits per heavy atom. The SMILES string of the molecule is CCCCC/C=C\C/C=C\C/C=C\C/C=C\CCCC(=O)Cc1cc2oc(=O)cc(C)c2cc1OC. The van der Waals surface area contributed by atoms with Gasteiger partial charge in [-0.05, 0) is 69.6 Å². The number of allylic oxidation sites excluding steroid dienone is 8. The van der Waals surface area contributed by atoms with Crippen LogP contribution in [0.2, 0.25) is 0 Å². The lowest BCUT2D eigenvalue weighted by atomic mass is 10.0. The number of unbranched alkanes of at least 4 members (excludes halogenated alkanes) is 4. The molecule has 0 aliphatic heterocycles. The summed E-state index contributed by atoms with van der Waals surface area (Å²) in [6.45, 7) is 4.09. The fraction of sp³-hybridized carbons (Fsp3) is 0.438. The quantitative estimate of drug-likeness (QED) is 0.127. The first kappa shape index (κ1) is 29.1. The number of methoxy groups -OCH3 is 1. The van der Waals surface area contributed by atoms with E-state index < -0.39 is 0 Å². The smallest absolute Gasteiger partial charge is 0.336 e. The fourth-order valence-electron chi connectivity index (χ4n) is 3.99. The van der Waals surface area contributed by atoms with Gasteiger partial charge in [0.05, 0.1) is 7.11 Å². The summed E-state index contributed by atoms with van der Waals surface area (Å²) >= 11 is 0. The zero-order chi connectivity index (χ0) is 26.0. The summed E-state index contributed by atoms with van der Waals surface area (Å²) in [7, 11) is 1.59. The zero-order valence-electron chi connectivity index (χ0n) is 22.3. The Hall–Kier alpha value is -3.14. The van der Waals surface area contributed by atoms with E-state index in [9.17, 15) is 9.59 Å². The van der Waals surface area contributed by atoms with Gasteiger partial charge in [-0.2, -0.15) is 0 Å². The molecule has 4 heteroatoms. The van der Waals surface area contributed by atoms with Crippen molar-refractivity contribution in [3.63, 3.8) is 0 Å². The fourth-order valence-corrected chi connectivity index (χ4v) is 3.99. The number of ketones is 1. The number of carbonyl (C=O) groups excluding carboxylic acids is 1. The first-order valence-corrected chi connectivity index (χ1v) is 13.3. The van der Waals surface area contributed by atoms with Crippen molar-refractivity contribution in [1.82, 2.24) is 0 Å². The minimum atomic E-state index is -0.388. The highest BCUT2D eigenvalue weighted by Crippen LogP contribution is 2.28. The van der Waals surface area contributed by atoms with Gasteiger partial charge in [0.25, 0.3) is 0 Å². The molecule has 0 aliphatic carbocycles. The summed E-state index contributed by atoms with van der Waals surface area (Å²) in [5.74, 6) is 0.798. The molecule has 0 spiro atoms. The maximum Gasteiger partial charge on any atom is 0.336 e. The number of hydrogen-bond acceptors (Lipinski definition) is 4. The number of aryl methyl sites for hydroxylation is 1. The second-order valence-electron chi connectivity index (χ2n) is 9.10. The van der Waals surface area contributed by atoms with E-state index in [2.05, 4.69) is 55.5 Å². The van der Waals surface area contributed by atoms with Crippen LogP contribution in [0.5, 0.6) is 5.75 Å². The Kier molecular flexibility index (Phi) is 14.0. The first-order chi connectivity index (χ1) is 17.5. The Balaban J connectivity index is 1.64. The molecule has 0 atom stereocenters. The maximum atomic E-state index is 12.5. The van der Waals surface area contributed by atoms with E-state index in [-0.39, 0.29) is 17.8 Å². The van der Waals surface area contributed by atoms with Crippen LogP contribution in [0.15, 0.2) is 76.0 Å². The summed E-state index contributed by atoms with van der Waals surface area (Å²) in [5, 5.41) is 0.822. The summed E-state index contributed by atoms with van der Waals surface area (Å²) < 4.78 is 10.8. The van der Waals surface area contributed by atoms with E-state index in [1.165, 1.54) is 31.7 Å². The molecule has 1 aromatic carbocycles. The number of rotatable bonds is 17. The van der Waals surface area contributed by atoms with Gasteiger partial charge in [0.2, 0.25) is 0 Å². The lowest BCUT2D eigenvalue weighted by Gasteiger charge is -2.10. The lowest BCUT2D eigenvalue weighted by molar-refractivity contribution is -0.118. The first-order valence-electron chi connectivity index (χ1n) is 13.3. The molecule has 0 N–H and O–H groups in total. The molecule has 0 fully saturated rings. The molecule has 1 aromatic heterocycles. The Morgan fingerprint density at radius 2 is 1.47 bits per heavy atom. The number of Topliss-reactive ketones (excluding diaryl/α,β-unsaturated/α-hetero) is 1. The van der Waals surface area contributed by atoms with Crippen molar-refractivity contribution in [2.75, 3.05) is 7.11 Å². The third-order valence-corrected chi connectivity index (χ3v) is 6.02. The van der Waals surface area contributed by atoms with Gasteiger partial charge in [-0.25, -0.2) is 4.79 Å². The molecule has 0 aliphatic rings. The van der Waals surface area contributed by atoms with Crippen LogP contribution in [0.3, 0.4) is 0 Å². The van der Waals surface area contributed by atoms with Crippen LogP contribution >= 0.6 is 0 Å². The van der Waals surface area contributed by atoms with Crippen LogP contribution in [0.4, 0.5) is 0 Å². The van der Waals surface area contributed by atoms with E-state index in [0.717, 1.165) is 48.6 Å². The monoisotopic (exact) mass is 490 g/mol. The van der Waals surface area contributed by atoms with E-state index in [1.54, 1.807) is 13.2 Å². The minimum Gasteiger partial charge on any atom is -0.496 e. The van der Waals surface area contributed by atoms with Crippen LogP contribution < -0.4 is 10.4 Å². The van der Waals surface area contributed by atoms with Gasteiger partial charge < -0.3 is 9.15 Å². The molecule has 0 saturated heterocycles. The van der Waals surface area contributed by atoms with E-state index in [4.69, 9.17) is 9.15 Å². The summed E-state index contributed by atoms with van der Waals surface area (Å²) in [4.78, 5) is 24.2. The molecular formula is C32H42O4. The number of carbonyl (C=O) groups is 1. The Bertz CT molecular complexity index is 1110. The average molecular weight is 491 g/mol. The average Bonchev–Trinajstić information content (AvgIpc) is 2.85. The number of benzene rings is 1. The van der Waals surface area contributed by atoms with E-state index in [1.807, 2.05) is 13.0 Å². The maximum absolute atomic E-state index is 12.5. The lowest BCUT2D eigenvalue weighted by Crippen LogP contribution is -2.05. The molecule has 0 radical (unpaired) electrons. The second-order valence-corrected chi connectivity index (χ2v) is 9.10. The standard InChI is InChI=1S/C32H42O4/c1-4-5-6-7-8-9-10-11-12-13-14-15-16-17-18-19-20-21-28(33)23-27-24-31-29(25-30(27)35-3)26(2)22-32(34)36-31/h8-9,11-12,14-15,17-18,22,24-25H,4-7,10,13,16,19-21,23H2,1-3H3/b9-8-,12-11-,15-14-,18-17-. The topological polar surface area (TPSA) is 56.5 Å². The zero-order valence-corrected chi connectivity index (χ0v) is 22.3. The molecule has 4 nitrogen and oxygen atoms in total. The van der Waals surface area contributed by atoms with Crippen LogP contribution in [0, 0.1) is 6.92 Å². The van der Waals surface area contributed by atoms with Crippen molar-refractivity contribution in [2.24, 2.45) is 0 Å². The van der Waals surface area contributed by atoms with Crippen molar-refractivity contribution >= 4 is 16.8 Å². The highest BCUT2D eigenvalue weighted by atomic mass is 16.5. The van der Waals surface area contributed by atoms with Crippen molar-refractivity contribution in [3.05, 3.63) is 88.4 Å². The number of fused-ring (bicyclic) bond motifs is 1. The van der Waals surface area contributed by atoms with Gasteiger partial charge in [0.1, 0.15) is 17.1 Å². The molecule has 36 heavy (non-hydrogen) atoms. The molecule has 0 saturated carbocycles. The highest BCUT2D eigenvalue weighted by molar-refractivity contribution is 5.86. The Morgan fingerprint density at radius 3 is 2.08 bits per heavy atom. The molecule has 194 valence electrons. The minimum absolute atomic E-state index is 0.151. The van der Waals surface area contributed by atoms with Crippen molar-refractivity contribution in [1.29, 1.82) is 0 Å². The van der Waals surface area contributed by atoms with Gasteiger partial charge in [0, 0.05) is 29.9 Å². The molecule has 1 heterocycles. The van der Waals surface area contributed by atoms with Gasteiger partial charge in [-0.1, -0.05) is 68.4 Å². The van der Waals surface area contributed by atoms with Crippen molar-refractivity contribution < 1.29 is 13.9 Å². The third kappa shape index (κ3) is 11.1. The van der Waals surface area contributed by atoms with Gasteiger partial charge in [-0.3, -0.25) is 4.79 Å². The van der Waals surface area contributed by atoms with Gasteiger partial charge >= 0.3 is 5.63 Å². The van der Waals surface area contributed by atoms with Gasteiger partial charge in [-0.15, -0.1) is 0 Å². The van der Waals surface area contributed by atoms with Crippen molar-refractivity contribution in [2.45, 2.75) is 84.5 Å². The second kappa shape index (κ2) is 17.3. The van der Waals surface area contributed by atoms with Gasteiger partial charge in [0.15, 0.2) is 0 Å². The van der Waals surface area contributed by atoms with Crippen LogP contribution in [-0.4, -0.2) is 12.9 Å². The largest absolute Gasteiger partial charge is 0.496 e. The number of ether oxygens (including phenoxy) is 1. The Labute approximate surface area is 216 Å². The number of hydrogen-bond donors (Lipinski definition) is 0. The van der Waals surface area contributed by atoms with Crippen LogP contribution in [-0.2, 0) is 11.2 Å². The third-order valence-electron chi connectivity index (χ3n) is 6.02. The predicted octanol–water partition coefficient (Wildman–Crippen LogP) is 8.37. The van der Waals surface area contributed by atoms with E-state index >= 15 is 0 Å².